The molecule has 1 aliphatic heterocycles. The number of benzene rings is 2. The Labute approximate surface area is 169 Å². The van der Waals surface area contributed by atoms with Gasteiger partial charge >= 0.3 is 0 Å². The van der Waals surface area contributed by atoms with Crippen LogP contribution < -0.4 is 10.1 Å². The third-order valence-corrected chi connectivity index (χ3v) is 4.78. The Balaban J connectivity index is 1.38. The zero-order valence-electron chi connectivity index (χ0n) is 16.5. The Morgan fingerprint density at radius 3 is 2.93 bits per heavy atom. The van der Waals surface area contributed by atoms with Gasteiger partial charge in [0, 0.05) is 18.4 Å². The number of hydrogen-bond donors (Lipinski definition) is 2. The predicted molar refractivity (Wildman–Crippen MR) is 114 cm³/mol. The summed E-state index contributed by atoms with van der Waals surface area (Å²) >= 11 is 0. The Bertz CT molecular complexity index is 1000. The summed E-state index contributed by atoms with van der Waals surface area (Å²) in [6.45, 7) is 3.56. The number of carbonyl (C=O) groups excluding carboxylic acids is 1. The lowest BCUT2D eigenvalue weighted by atomic mass is 10.2. The van der Waals surface area contributed by atoms with Gasteiger partial charge in [0.25, 0.3) is 0 Å². The zero-order chi connectivity index (χ0) is 20.1. The second-order valence-electron chi connectivity index (χ2n) is 7.10. The standard InChI is InChI=1S/C23H25N3O3/c1-2-13-28-18-9-5-16(6-10-18)7-12-22(27)24-17-8-11-19-20(15-17)26-23(25-19)21-4-3-14-29-21/h5-12,15,21H,2-4,13-14H2,1H3,(H,24,27)(H,25,26)/b12-7+. The number of amides is 1. The van der Waals surface area contributed by atoms with Gasteiger partial charge < -0.3 is 19.8 Å². The summed E-state index contributed by atoms with van der Waals surface area (Å²) in [5, 5.41) is 2.89. The summed E-state index contributed by atoms with van der Waals surface area (Å²) in [5.74, 6) is 1.51. The van der Waals surface area contributed by atoms with E-state index in [0.717, 1.165) is 59.7 Å². The van der Waals surface area contributed by atoms with Crippen molar-refractivity contribution in [1.82, 2.24) is 9.97 Å². The molecule has 4 rings (SSSR count). The zero-order valence-corrected chi connectivity index (χ0v) is 16.5. The van der Waals surface area contributed by atoms with Crippen LogP contribution in [0.15, 0.2) is 48.5 Å². The molecule has 1 unspecified atom stereocenters. The number of aromatic amines is 1. The van der Waals surface area contributed by atoms with Crippen molar-refractivity contribution < 1.29 is 14.3 Å². The van der Waals surface area contributed by atoms with E-state index in [1.165, 1.54) is 6.08 Å². The van der Waals surface area contributed by atoms with Crippen LogP contribution in [0.1, 0.15) is 43.7 Å². The van der Waals surface area contributed by atoms with E-state index < -0.39 is 0 Å². The highest BCUT2D eigenvalue weighted by molar-refractivity contribution is 6.02. The van der Waals surface area contributed by atoms with Crippen LogP contribution in [-0.2, 0) is 9.53 Å². The fourth-order valence-electron chi connectivity index (χ4n) is 3.30. The van der Waals surface area contributed by atoms with Gasteiger partial charge in [-0.2, -0.15) is 0 Å². The van der Waals surface area contributed by atoms with Gasteiger partial charge in [0.15, 0.2) is 0 Å². The molecule has 2 aromatic carbocycles. The summed E-state index contributed by atoms with van der Waals surface area (Å²) in [5.41, 5.74) is 3.42. The number of nitrogens with one attached hydrogen (secondary N) is 2. The van der Waals surface area contributed by atoms with Gasteiger partial charge in [-0.3, -0.25) is 4.79 Å². The van der Waals surface area contributed by atoms with Crippen LogP contribution in [0.25, 0.3) is 17.1 Å². The minimum atomic E-state index is -0.186. The molecule has 2 N–H and O–H groups in total. The number of nitrogens with zero attached hydrogens (tertiary/aromatic N) is 1. The third kappa shape index (κ3) is 4.84. The molecule has 0 radical (unpaired) electrons. The van der Waals surface area contributed by atoms with Crippen LogP contribution >= 0.6 is 0 Å². The molecule has 2 heterocycles. The number of H-pyrrole nitrogens is 1. The Morgan fingerprint density at radius 1 is 1.31 bits per heavy atom. The molecule has 3 aromatic rings. The highest BCUT2D eigenvalue weighted by Crippen LogP contribution is 2.28. The number of aromatic nitrogens is 2. The van der Waals surface area contributed by atoms with Crippen molar-refractivity contribution in [2.45, 2.75) is 32.3 Å². The van der Waals surface area contributed by atoms with Crippen LogP contribution in [0.4, 0.5) is 5.69 Å². The van der Waals surface area contributed by atoms with Crippen LogP contribution in [0.5, 0.6) is 5.75 Å². The first kappa shape index (κ1) is 19.2. The number of ether oxygens (including phenoxy) is 2. The molecule has 0 aliphatic carbocycles. The third-order valence-electron chi connectivity index (χ3n) is 4.78. The largest absolute Gasteiger partial charge is 0.494 e. The lowest BCUT2D eigenvalue weighted by Gasteiger charge is -2.04. The Hall–Kier alpha value is -3.12. The monoisotopic (exact) mass is 391 g/mol. The molecule has 1 aromatic heterocycles. The first-order chi connectivity index (χ1) is 14.2. The number of imidazole rings is 1. The first-order valence-corrected chi connectivity index (χ1v) is 10.0. The molecule has 6 heteroatoms. The molecule has 29 heavy (non-hydrogen) atoms. The van der Waals surface area contributed by atoms with Crippen LogP contribution in [0.2, 0.25) is 0 Å². The van der Waals surface area contributed by atoms with E-state index in [-0.39, 0.29) is 12.0 Å². The number of carbonyl (C=O) groups is 1. The molecule has 150 valence electrons. The number of hydrogen-bond acceptors (Lipinski definition) is 4. The van der Waals surface area contributed by atoms with Crippen LogP contribution in [0.3, 0.4) is 0 Å². The molecule has 0 spiro atoms. The van der Waals surface area contributed by atoms with Crippen molar-refractivity contribution in [1.29, 1.82) is 0 Å². The molecule has 1 fully saturated rings. The van der Waals surface area contributed by atoms with Crippen molar-refractivity contribution in [3.8, 4) is 5.75 Å². The van der Waals surface area contributed by atoms with Crippen molar-refractivity contribution in [3.05, 3.63) is 59.9 Å². The summed E-state index contributed by atoms with van der Waals surface area (Å²) in [6.07, 6.45) is 6.37. The minimum Gasteiger partial charge on any atom is -0.494 e. The average molecular weight is 391 g/mol. The topological polar surface area (TPSA) is 76.2 Å². The molecular formula is C23H25N3O3. The predicted octanol–water partition coefficient (Wildman–Crippen LogP) is 4.86. The van der Waals surface area contributed by atoms with Gasteiger partial charge in [-0.15, -0.1) is 0 Å². The van der Waals surface area contributed by atoms with Gasteiger partial charge in [-0.25, -0.2) is 4.98 Å². The number of fused-ring (bicyclic) bond motifs is 1. The maximum atomic E-state index is 12.3. The van der Waals surface area contributed by atoms with Crippen LogP contribution in [-0.4, -0.2) is 29.1 Å². The molecular weight excluding hydrogens is 366 g/mol. The molecule has 1 saturated heterocycles. The van der Waals surface area contributed by atoms with E-state index >= 15 is 0 Å². The maximum Gasteiger partial charge on any atom is 0.248 e. The number of anilines is 1. The normalized spacial score (nSPS) is 16.5. The molecule has 0 saturated carbocycles. The molecule has 0 bridgehead atoms. The van der Waals surface area contributed by atoms with Gasteiger partial charge in [-0.05, 0) is 61.2 Å². The second-order valence-corrected chi connectivity index (χ2v) is 7.10. The lowest BCUT2D eigenvalue weighted by molar-refractivity contribution is -0.111. The molecule has 1 aliphatic rings. The smallest absolute Gasteiger partial charge is 0.248 e. The fourth-order valence-corrected chi connectivity index (χ4v) is 3.30. The second kappa shape index (κ2) is 8.92. The van der Waals surface area contributed by atoms with Crippen LogP contribution in [0, 0.1) is 0 Å². The minimum absolute atomic E-state index is 0.0436. The van der Waals surface area contributed by atoms with E-state index in [0.29, 0.717) is 6.61 Å². The molecule has 1 atom stereocenters. The van der Waals surface area contributed by atoms with Gasteiger partial charge in [0.2, 0.25) is 5.91 Å². The van der Waals surface area contributed by atoms with E-state index in [9.17, 15) is 4.79 Å². The van der Waals surface area contributed by atoms with E-state index in [1.807, 2.05) is 42.5 Å². The average Bonchev–Trinajstić information content (AvgIpc) is 3.41. The highest BCUT2D eigenvalue weighted by atomic mass is 16.5. The van der Waals surface area contributed by atoms with Crippen molar-refractivity contribution in [3.63, 3.8) is 0 Å². The Morgan fingerprint density at radius 2 is 2.17 bits per heavy atom. The summed E-state index contributed by atoms with van der Waals surface area (Å²) in [7, 11) is 0. The van der Waals surface area contributed by atoms with E-state index in [4.69, 9.17) is 9.47 Å². The SMILES string of the molecule is CCCOc1ccc(/C=C/C(=O)Nc2ccc3nc(C4CCCO4)[nH]c3c2)cc1. The number of rotatable bonds is 7. The summed E-state index contributed by atoms with van der Waals surface area (Å²) in [6, 6.07) is 13.3. The summed E-state index contributed by atoms with van der Waals surface area (Å²) < 4.78 is 11.2. The van der Waals surface area contributed by atoms with Crippen molar-refractivity contribution in [2.24, 2.45) is 0 Å². The van der Waals surface area contributed by atoms with E-state index in [2.05, 4.69) is 22.2 Å². The quantitative estimate of drug-likeness (QED) is 0.564. The lowest BCUT2D eigenvalue weighted by Crippen LogP contribution is -2.07. The fraction of sp³-hybridized carbons (Fsp3) is 0.304. The first-order valence-electron chi connectivity index (χ1n) is 10.0. The highest BCUT2D eigenvalue weighted by Gasteiger charge is 2.21. The van der Waals surface area contributed by atoms with Crippen molar-refractivity contribution in [2.75, 3.05) is 18.5 Å². The molecule has 1 amide bonds. The van der Waals surface area contributed by atoms with Crippen molar-refractivity contribution >= 4 is 28.7 Å². The van der Waals surface area contributed by atoms with Gasteiger partial charge in [0.1, 0.15) is 17.7 Å². The van der Waals surface area contributed by atoms with E-state index in [1.54, 1.807) is 6.08 Å². The molecule has 6 nitrogen and oxygen atoms in total. The maximum absolute atomic E-state index is 12.3. The van der Waals surface area contributed by atoms with Gasteiger partial charge in [0.05, 0.1) is 17.6 Å². The summed E-state index contributed by atoms with van der Waals surface area (Å²) in [4.78, 5) is 20.2. The van der Waals surface area contributed by atoms with Gasteiger partial charge in [-0.1, -0.05) is 19.1 Å². The Kier molecular flexibility index (Phi) is 5.91.